The van der Waals surface area contributed by atoms with E-state index in [-0.39, 0.29) is 24.1 Å². The number of hydrogen-bond acceptors (Lipinski definition) is 6. The molecule has 1 aromatic heterocycles. The monoisotopic (exact) mass is 557 g/mol. The number of carbonyl (C=O) groups is 2. The van der Waals surface area contributed by atoms with Crippen molar-refractivity contribution in [3.05, 3.63) is 96.2 Å². The molecule has 7 nitrogen and oxygen atoms in total. The van der Waals surface area contributed by atoms with Crippen molar-refractivity contribution in [1.29, 1.82) is 0 Å². The Labute approximate surface area is 238 Å². The van der Waals surface area contributed by atoms with Gasteiger partial charge in [-0.2, -0.15) is 0 Å². The lowest BCUT2D eigenvalue weighted by Crippen LogP contribution is -2.41. The third kappa shape index (κ3) is 4.54. The normalized spacial score (nSPS) is 17.9. The number of fused-ring (bicyclic) bond motifs is 2. The van der Waals surface area contributed by atoms with Gasteiger partial charge in [0.15, 0.2) is 4.80 Å². The summed E-state index contributed by atoms with van der Waals surface area (Å²) >= 11 is 1.22. The zero-order chi connectivity index (χ0) is 28.7. The molecule has 0 spiro atoms. The zero-order valence-electron chi connectivity index (χ0n) is 23.9. The second kappa shape index (κ2) is 11.0. The molecule has 3 heterocycles. The first-order chi connectivity index (χ1) is 19.2. The van der Waals surface area contributed by atoms with Crippen molar-refractivity contribution in [3.63, 3.8) is 0 Å². The summed E-state index contributed by atoms with van der Waals surface area (Å²) in [5, 5.41) is 0. The number of benzene rings is 2. The van der Waals surface area contributed by atoms with Gasteiger partial charge < -0.3 is 9.64 Å². The molecule has 5 rings (SSSR count). The Morgan fingerprint density at radius 2 is 1.73 bits per heavy atom. The fourth-order valence-corrected chi connectivity index (χ4v) is 6.63. The predicted octanol–water partition coefficient (Wildman–Crippen LogP) is 4.83. The van der Waals surface area contributed by atoms with E-state index in [9.17, 15) is 14.4 Å². The first-order valence-corrected chi connectivity index (χ1v) is 14.8. The van der Waals surface area contributed by atoms with Crippen molar-refractivity contribution in [2.45, 2.75) is 72.4 Å². The van der Waals surface area contributed by atoms with Crippen molar-refractivity contribution in [1.82, 2.24) is 4.57 Å². The number of ether oxygens (including phenoxy) is 1. The van der Waals surface area contributed by atoms with E-state index in [4.69, 9.17) is 9.73 Å². The van der Waals surface area contributed by atoms with Gasteiger partial charge in [0.25, 0.3) is 11.5 Å². The number of esters is 1. The number of hydrogen-bond donors (Lipinski definition) is 0. The molecule has 2 aromatic carbocycles. The molecule has 3 aromatic rings. The third-order valence-electron chi connectivity index (χ3n) is 7.40. The Hall–Kier alpha value is -3.78. The zero-order valence-corrected chi connectivity index (χ0v) is 24.7. The Morgan fingerprint density at radius 1 is 1.02 bits per heavy atom. The van der Waals surface area contributed by atoms with E-state index < -0.39 is 12.0 Å². The van der Waals surface area contributed by atoms with Crippen LogP contribution < -0.4 is 19.8 Å². The average molecular weight is 558 g/mol. The molecule has 0 saturated heterocycles. The van der Waals surface area contributed by atoms with Crippen LogP contribution in [0.5, 0.6) is 0 Å². The number of para-hydroxylation sites is 1. The highest BCUT2D eigenvalue weighted by Gasteiger charge is 2.38. The third-order valence-corrected chi connectivity index (χ3v) is 8.45. The van der Waals surface area contributed by atoms with Gasteiger partial charge in [-0.05, 0) is 50.3 Å². The molecule has 0 aliphatic carbocycles. The minimum Gasteiger partial charge on any atom is -0.463 e. The lowest BCUT2D eigenvalue weighted by atomic mass is 9.92. The first-order valence-electron chi connectivity index (χ1n) is 14.0. The molecular formula is C32H35N3O4S. The highest BCUT2D eigenvalue weighted by atomic mass is 32.1. The Balaban J connectivity index is 1.83. The molecule has 0 bridgehead atoms. The number of rotatable bonds is 7. The van der Waals surface area contributed by atoms with E-state index in [1.54, 1.807) is 16.4 Å². The van der Waals surface area contributed by atoms with Gasteiger partial charge in [-0.3, -0.25) is 14.2 Å². The fraction of sp³-hybridized carbons (Fsp3) is 0.375. The van der Waals surface area contributed by atoms with Gasteiger partial charge in [-0.1, -0.05) is 81.0 Å². The molecule has 8 heteroatoms. The van der Waals surface area contributed by atoms with Crippen LogP contribution in [0, 0.1) is 0 Å². The molecule has 0 saturated carbocycles. The molecule has 2 aliphatic heterocycles. The van der Waals surface area contributed by atoms with E-state index in [1.807, 2.05) is 69.3 Å². The van der Waals surface area contributed by atoms with E-state index in [2.05, 4.69) is 13.8 Å². The molecule has 40 heavy (non-hydrogen) atoms. The van der Waals surface area contributed by atoms with Crippen LogP contribution in [0.15, 0.2) is 69.6 Å². The summed E-state index contributed by atoms with van der Waals surface area (Å²) in [6, 6.07) is 14.8. The van der Waals surface area contributed by atoms with Gasteiger partial charge in [-0.15, -0.1) is 0 Å². The SMILES string of the molecule is CCCC1=C(C(=O)OCC)[C@H](c2ccc(C(C)C)cc2)n2c(s/c(=C3/C(=O)N(C(C)C)c4ccccc43)c2=O)=N1. The van der Waals surface area contributed by atoms with Crippen molar-refractivity contribution < 1.29 is 14.3 Å². The number of amides is 1. The lowest BCUT2D eigenvalue weighted by molar-refractivity contribution is -0.139. The van der Waals surface area contributed by atoms with Crippen LogP contribution in [-0.4, -0.2) is 29.1 Å². The van der Waals surface area contributed by atoms with Crippen LogP contribution in [0.2, 0.25) is 0 Å². The van der Waals surface area contributed by atoms with Crippen LogP contribution in [0.1, 0.15) is 83.0 Å². The van der Waals surface area contributed by atoms with Gasteiger partial charge in [0.2, 0.25) is 0 Å². The summed E-state index contributed by atoms with van der Waals surface area (Å²) in [6.07, 6.45) is 1.34. The van der Waals surface area contributed by atoms with Crippen molar-refractivity contribution >= 4 is 34.5 Å². The molecule has 0 unspecified atom stereocenters. The van der Waals surface area contributed by atoms with Crippen LogP contribution >= 0.6 is 11.3 Å². The van der Waals surface area contributed by atoms with E-state index >= 15 is 0 Å². The quantitative estimate of drug-likeness (QED) is 0.390. The maximum absolute atomic E-state index is 14.3. The van der Waals surface area contributed by atoms with Gasteiger partial charge in [0, 0.05) is 11.6 Å². The fourth-order valence-electron chi connectivity index (χ4n) is 5.52. The smallest absolute Gasteiger partial charge is 0.338 e. The number of anilines is 1. The minimum absolute atomic E-state index is 0.0753. The van der Waals surface area contributed by atoms with E-state index in [0.717, 1.165) is 28.8 Å². The van der Waals surface area contributed by atoms with Gasteiger partial charge >= 0.3 is 5.97 Å². The van der Waals surface area contributed by atoms with Gasteiger partial charge in [0.1, 0.15) is 4.53 Å². The largest absolute Gasteiger partial charge is 0.463 e. The standard InChI is InChI=1S/C32H35N3O4S/c1-7-11-23-26(31(38)39-8-2)27(21-16-14-20(15-17-21)18(3)4)35-30(37)28(40-32(35)33-23)25-22-12-9-10-13-24(22)34(19(5)6)29(25)36/h9-10,12-19,27H,7-8,11H2,1-6H3/b28-25+/t27-/m0/s1. The van der Waals surface area contributed by atoms with Crippen LogP contribution in [0.3, 0.4) is 0 Å². The van der Waals surface area contributed by atoms with Crippen LogP contribution in [0.4, 0.5) is 5.69 Å². The number of nitrogens with zero attached hydrogens (tertiary/aromatic N) is 3. The van der Waals surface area contributed by atoms with Gasteiger partial charge in [0.05, 0.1) is 35.2 Å². The Kier molecular flexibility index (Phi) is 7.64. The predicted molar refractivity (Wildman–Crippen MR) is 158 cm³/mol. The number of aromatic nitrogens is 1. The second-order valence-electron chi connectivity index (χ2n) is 10.7. The maximum Gasteiger partial charge on any atom is 0.338 e. The number of carbonyl (C=O) groups excluding carboxylic acids is 2. The Morgan fingerprint density at radius 3 is 2.35 bits per heavy atom. The van der Waals surface area contributed by atoms with Crippen LogP contribution in [0.25, 0.3) is 5.57 Å². The molecular weight excluding hydrogens is 522 g/mol. The molecule has 0 fully saturated rings. The van der Waals surface area contributed by atoms with E-state index in [0.29, 0.717) is 38.5 Å². The molecule has 1 atom stereocenters. The highest BCUT2D eigenvalue weighted by Crippen LogP contribution is 2.37. The van der Waals surface area contributed by atoms with Crippen molar-refractivity contribution in [2.75, 3.05) is 11.5 Å². The van der Waals surface area contributed by atoms with E-state index in [1.165, 1.54) is 11.3 Å². The highest BCUT2D eigenvalue weighted by molar-refractivity contribution is 7.07. The molecule has 208 valence electrons. The summed E-state index contributed by atoms with van der Waals surface area (Å²) in [5.41, 5.74) is 4.56. The second-order valence-corrected chi connectivity index (χ2v) is 11.7. The van der Waals surface area contributed by atoms with Crippen molar-refractivity contribution in [3.8, 4) is 0 Å². The maximum atomic E-state index is 14.3. The molecule has 1 amide bonds. The first kappa shape index (κ1) is 27.8. The molecule has 0 radical (unpaired) electrons. The summed E-state index contributed by atoms with van der Waals surface area (Å²) in [5.74, 6) is -0.331. The Bertz CT molecular complexity index is 1690. The summed E-state index contributed by atoms with van der Waals surface area (Å²) in [7, 11) is 0. The minimum atomic E-state index is -0.708. The molecule has 2 aliphatic rings. The van der Waals surface area contributed by atoms with Crippen molar-refractivity contribution in [2.24, 2.45) is 4.99 Å². The summed E-state index contributed by atoms with van der Waals surface area (Å²) in [4.78, 5) is 48.6. The lowest BCUT2D eigenvalue weighted by Gasteiger charge is -2.26. The molecule has 0 N–H and O–H groups in total. The number of allylic oxidation sites excluding steroid dienone is 1. The number of thiazole rings is 1. The van der Waals surface area contributed by atoms with Crippen LogP contribution in [-0.2, 0) is 14.3 Å². The van der Waals surface area contributed by atoms with Gasteiger partial charge in [-0.25, -0.2) is 9.79 Å². The summed E-state index contributed by atoms with van der Waals surface area (Å²) < 4.78 is 7.42. The average Bonchev–Trinajstić information content (AvgIpc) is 3.40. The topological polar surface area (TPSA) is 81.0 Å². The summed E-state index contributed by atoms with van der Waals surface area (Å²) in [6.45, 7) is 12.2.